The highest BCUT2D eigenvalue weighted by atomic mass is 16.2. The molecule has 2 aromatic rings. The predicted molar refractivity (Wildman–Crippen MR) is 233 cm³/mol. The van der Waals surface area contributed by atoms with Crippen LogP contribution in [0.5, 0.6) is 0 Å². The van der Waals surface area contributed by atoms with Gasteiger partial charge in [0.15, 0.2) is 5.78 Å². The largest absolute Gasteiger partial charge is 0.324 e. The molecule has 5 heteroatoms. The van der Waals surface area contributed by atoms with E-state index in [-0.39, 0.29) is 17.6 Å². The average Bonchev–Trinajstić information content (AvgIpc) is 3.18. The van der Waals surface area contributed by atoms with Crippen LogP contribution >= 0.6 is 0 Å². The fourth-order valence-corrected chi connectivity index (χ4v) is 7.39. The van der Waals surface area contributed by atoms with Crippen LogP contribution < -0.4 is 10.6 Å². The minimum Gasteiger partial charge on any atom is -0.324 e. The van der Waals surface area contributed by atoms with Gasteiger partial charge in [0.25, 0.3) is 0 Å². The van der Waals surface area contributed by atoms with Gasteiger partial charge in [-0.3, -0.25) is 14.4 Å². The highest BCUT2D eigenvalue weighted by Gasteiger charge is 2.15. The van der Waals surface area contributed by atoms with E-state index in [0.717, 1.165) is 32.1 Å². The molecule has 0 heterocycles. The number of ketones is 1. The van der Waals surface area contributed by atoms with Crippen molar-refractivity contribution in [1.29, 1.82) is 0 Å². The maximum atomic E-state index is 13.2. The Morgan fingerprint density at radius 2 is 0.704 bits per heavy atom. The standard InChI is InChI=1S/C49H80N2O3/c1-3-5-7-9-11-13-15-17-19-21-23-25-27-29-34-38-47(52)50-45-41-40-44(49(54)43-36-32-31-33-37-43)42-46(45)51-48(53)39-35-30-28-26-24-22-20-18-16-14-12-10-8-6-4-2/h31-33,36-37,40-42H,3-30,34-35,38-39H2,1-2H3,(H,50,52)(H,51,53). The van der Waals surface area contributed by atoms with Gasteiger partial charge in [-0.1, -0.05) is 224 Å². The van der Waals surface area contributed by atoms with E-state index in [4.69, 9.17) is 0 Å². The van der Waals surface area contributed by atoms with E-state index in [1.165, 1.54) is 161 Å². The summed E-state index contributed by atoms with van der Waals surface area (Å²) in [6.45, 7) is 4.55. The monoisotopic (exact) mass is 745 g/mol. The summed E-state index contributed by atoms with van der Waals surface area (Å²) in [6, 6.07) is 14.4. The SMILES string of the molecule is CCCCCCCCCCCCCCCCCC(=O)Nc1ccc(C(=O)c2ccccc2)cc1NC(=O)CCCCCCCCCCCCCCCCC. The molecule has 54 heavy (non-hydrogen) atoms. The van der Waals surface area contributed by atoms with Crippen molar-refractivity contribution in [2.75, 3.05) is 10.6 Å². The molecule has 0 bridgehead atoms. The van der Waals surface area contributed by atoms with Crippen LogP contribution in [-0.2, 0) is 9.59 Å². The summed E-state index contributed by atoms with van der Waals surface area (Å²) in [6.07, 6.45) is 39.6. The van der Waals surface area contributed by atoms with Gasteiger partial charge in [-0.15, -0.1) is 0 Å². The van der Waals surface area contributed by atoms with Crippen molar-refractivity contribution >= 4 is 29.0 Å². The number of carbonyl (C=O) groups excluding carboxylic acids is 3. The predicted octanol–water partition coefficient (Wildman–Crippen LogP) is 15.3. The summed E-state index contributed by atoms with van der Waals surface area (Å²) in [5, 5.41) is 6.06. The Kier molecular flexibility index (Phi) is 29.2. The highest BCUT2D eigenvalue weighted by molar-refractivity contribution is 6.11. The van der Waals surface area contributed by atoms with Gasteiger partial charge in [-0.05, 0) is 31.0 Å². The number of unbranched alkanes of at least 4 members (excludes halogenated alkanes) is 28. The van der Waals surface area contributed by atoms with Crippen LogP contribution in [0.25, 0.3) is 0 Å². The van der Waals surface area contributed by atoms with Gasteiger partial charge in [0.1, 0.15) is 0 Å². The molecule has 0 aromatic heterocycles. The van der Waals surface area contributed by atoms with Gasteiger partial charge in [0.05, 0.1) is 11.4 Å². The molecule has 0 unspecified atom stereocenters. The third-order valence-electron chi connectivity index (χ3n) is 10.9. The molecule has 2 amide bonds. The molecule has 304 valence electrons. The van der Waals surface area contributed by atoms with Crippen LogP contribution in [0.4, 0.5) is 11.4 Å². The zero-order valence-corrected chi connectivity index (χ0v) is 35.0. The molecule has 0 spiro atoms. The Bertz CT molecular complexity index is 1230. The molecule has 2 N–H and O–H groups in total. The highest BCUT2D eigenvalue weighted by Crippen LogP contribution is 2.26. The maximum Gasteiger partial charge on any atom is 0.224 e. The van der Waals surface area contributed by atoms with Crippen molar-refractivity contribution in [2.45, 2.75) is 219 Å². The number of nitrogens with one attached hydrogen (secondary N) is 2. The molecule has 0 aliphatic carbocycles. The lowest BCUT2D eigenvalue weighted by atomic mass is 10.0. The first-order valence-corrected chi connectivity index (χ1v) is 22.9. The molecule has 2 rings (SSSR count). The summed E-state index contributed by atoms with van der Waals surface area (Å²) in [7, 11) is 0. The zero-order valence-electron chi connectivity index (χ0n) is 35.0. The lowest BCUT2D eigenvalue weighted by molar-refractivity contribution is -0.117. The maximum absolute atomic E-state index is 13.2. The van der Waals surface area contributed by atoms with Crippen LogP contribution in [-0.4, -0.2) is 17.6 Å². The van der Waals surface area contributed by atoms with Crippen LogP contribution in [0.15, 0.2) is 48.5 Å². The molecular weight excluding hydrogens is 665 g/mol. The van der Waals surface area contributed by atoms with E-state index in [1.54, 1.807) is 30.3 Å². The van der Waals surface area contributed by atoms with Gasteiger partial charge in [-0.25, -0.2) is 0 Å². The lowest BCUT2D eigenvalue weighted by Crippen LogP contribution is -2.17. The van der Waals surface area contributed by atoms with Crippen molar-refractivity contribution in [3.05, 3.63) is 59.7 Å². The van der Waals surface area contributed by atoms with Gasteiger partial charge >= 0.3 is 0 Å². The van der Waals surface area contributed by atoms with Crippen molar-refractivity contribution < 1.29 is 14.4 Å². The van der Waals surface area contributed by atoms with Crippen LogP contribution in [0.2, 0.25) is 0 Å². The number of rotatable bonds is 36. The zero-order chi connectivity index (χ0) is 38.7. The summed E-state index contributed by atoms with van der Waals surface area (Å²) >= 11 is 0. The Labute approximate surface area is 332 Å². The topological polar surface area (TPSA) is 75.3 Å². The summed E-state index contributed by atoms with van der Waals surface area (Å²) in [4.78, 5) is 39.2. The second-order valence-corrected chi connectivity index (χ2v) is 16.0. The van der Waals surface area contributed by atoms with Gasteiger partial charge in [0.2, 0.25) is 11.8 Å². The summed E-state index contributed by atoms with van der Waals surface area (Å²) in [5.41, 5.74) is 2.13. The number of benzene rings is 2. The van der Waals surface area contributed by atoms with Crippen molar-refractivity contribution in [3.8, 4) is 0 Å². The van der Waals surface area contributed by atoms with Gasteiger partial charge < -0.3 is 10.6 Å². The van der Waals surface area contributed by atoms with E-state index in [9.17, 15) is 14.4 Å². The molecule has 0 aliphatic heterocycles. The Morgan fingerprint density at radius 3 is 1.07 bits per heavy atom. The Hall–Kier alpha value is -2.95. The van der Waals surface area contributed by atoms with Crippen molar-refractivity contribution in [1.82, 2.24) is 0 Å². The van der Waals surface area contributed by atoms with E-state index in [2.05, 4.69) is 24.5 Å². The van der Waals surface area contributed by atoms with E-state index in [1.807, 2.05) is 18.2 Å². The average molecular weight is 745 g/mol. The summed E-state index contributed by atoms with van der Waals surface area (Å²) < 4.78 is 0. The Morgan fingerprint density at radius 1 is 0.370 bits per heavy atom. The van der Waals surface area contributed by atoms with Crippen LogP contribution in [0, 0.1) is 0 Å². The molecule has 0 saturated heterocycles. The molecule has 0 radical (unpaired) electrons. The molecule has 0 fully saturated rings. The molecular formula is C49H80N2O3. The molecule has 2 aromatic carbocycles. The molecule has 0 aliphatic rings. The molecule has 0 saturated carbocycles. The van der Waals surface area contributed by atoms with E-state index >= 15 is 0 Å². The number of anilines is 2. The number of carbonyl (C=O) groups is 3. The quantitative estimate of drug-likeness (QED) is 0.0539. The normalized spacial score (nSPS) is 11.1. The number of amides is 2. The van der Waals surface area contributed by atoms with Crippen molar-refractivity contribution in [3.63, 3.8) is 0 Å². The van der Waals surface area contributed by atoms with Crippen LogP contribution in [0.1, 0.15) is 235 Å². The second kappa shape index (κ2) is 33.4. The fourth-order valence-electron chi connectivity index (χ4n) is 7.39. The number of hydrogen-bond donors (Lipinski definition) is 2. The minimum atomic E-state index is -0.107. The minimum absolute atomic E-state index is 0.0512. The number of hydrogen-bond acceptors (Lipinski definition) is 3. The van der Waals surface area contributed by atoms with Gasteiger partial charge in [-0.2, -0.15) is 0 Å². The van der Waals surface area contributed by atoms with Gasteiger partial charge in [0, 0.05) is 24.0 Å². The first-order valence-electron chi connectivity index (χ1n) is 22.9. The van der Waals surface area contributed by atoms with Crippen LogP contribution in [0.3, 0.4) is 0 Å². The van der Waals surface area contributed by atoms with E-state index < -0.39 is 0 Å². The summed E-state index contributed by atoms with van der Waals surface area (Å²) in [5.74, 6) is -0.235. The third-order valence-corrected chi connectivity index (χ3v) is 10.9. The Balaban J connectivity index is 1.68. The molecule has 5 nitrogen and oxygen atoms in total. The fraction of sp³-hybridized carbons (Fsp3) is 0.694. The second-order valence-electron chi connectivity index (χ2n) is 16.0. The lowest BCUT2D eigenvalue weighted by Gasteiger charge is -2.14. The first kappa shape index (κ1) is 47.2. The first-order chi connectivity index (χ1) is 26.5. The van der Waals surface area contributed by atoms with Crippen molar-refractivity contribution in [2.24, 2.45) is 0 Å². The van der Waals surface area contributed by atoms with E-state index in [0.29, 0.717) is 35.3 Å². The molecule has 0 atom stereocenters. The third kappa shape index (κ3) is 24.5. The smallest absolute Gasteiger partial charge is 0.224 e.